The molecule has 0 saturated carbocycles. The SMILES string of the molecule is CC(C)(CO)N/C=C(/C#N)C(=O)Nc1cc([N+](=O)[O-])ccc1Cl. The Hall–Kier alpha value is -2.63. The number of hydrogen-bond donors (Lipinski definition) is 3. The fourth-order valence-electron chi connectivity index (χ4n) is 1.37. The minimum Gasteiger partial charge on any atom is -0.394 e. The van der Waals surface area contributed by atoms with Crippen LogP contribution in [0.25, 0.3) is 0 Å². The molecular weight excluding hydrogens is 324 g/mol. The molecule has 1 amide bonds. The number of nitrogens with one attached hydrogen (secondary N) is 2. The van der Waals surface area contributed by atoms with Gasteiger partial charge >= 0.3 is 0 Å². The second kappa shape index (κ2) is 7.58. The predicted molar refractivity (Wildman–Crippen MR) is 84.7 cm³/mol. The van der Waals surface area contributed by atoms with Crippen LogP contribution in [0, 0.1) is 21.4 Å². The second-order valence-electron chi connectivity index (χ2n) is 5.23. The van der Waals surface area contributed by atoms with Gasteiger partial charge in [-0.15, -0.1) is 0 Å². The number of nitriles is 1. The highest BCUT2D eigenvalue weighted by molar-refractivity contribution is 6.34. The Kier molecular flexibility index (Phi) is 6.07. The molecule has 8 nitrogen and oxygen atoms in total. The number of nitro benzene ring substituents is 1. The first-order chi connectivity index (χ1) is 10.7. The molecule has 0 aliphatic heterocycles. The summed E-state index contributed by atoms with van der Waals surface area (Å²) < 4.78 is 0. The highest BCUT2D eigenvalue weighted by atomic mass is 35.5. The van der Waals surface area contributed by atoms with Gasteiger partial charge in [-0.25, -0.2) is 0 Å². The van der Waals surface area contributed by atoms with E-state index < -0.39 is 16.4 Å². The van der Waals surface area contributed by atoms with Crippen molar-refractivity contribution in [3.8, 4) is 6.07 Å². The second-order valence-corrected chi connectivity index (χ2v) is 5.64. The third-order valence-electron chi connectivity index (χ3n) is 2.78. The van der Waals surface area contributed by atoms with Gasteiger partial charge in [-0.1, -0.05) is 11.6 Å². The molecule has 9 heteroatoms. The number of nitro groups is 1. The Bertz CT molecular complexity index is 695. The molecule has 23 heavy (non-hydrogen) atoms. The van der Waals surface area contributed by atoms with Gasteiger partial charge in [0.1, 0.15) is 11.6 Å². The van der Waals surface area contributed by atoms with E-state index in [0.29, 0.717) is 0 Å². The van der Waals surface area contributed by atoms with Crippen molar-refractivity contribution in [1.29, 1.82) is 5.26 Å². The Balaban J connectivity index is 2.97. The molecule has 1 rings (SSSR count). The zero-order chi connectivity index (χ0) is 17.6. The van der Waals surface area contributed by atoms with E-state index in [1.807, 2.05) is 0 Å². The number of halogens is 1. The largest absolute Gasteiger partial charge is 0.394 e. The van der Waals surface area contributed by atoms with Crippen LogP contribution in [0.3, 0.4) is 0 Å². The molecular formula is C14H15ClN4O4. The first-order valence-corrected chi connectivity index (χ1v) is 6.82. The van der Waals surface area contributed by atoms with Crippen molar-refractivity contribution in [3.63, 3.8) is 0 Å². The van der Waals surface area contributed by atoms with Gasteiger partial charge in [0.05, 0.1) is 27.8 Å². The molecule has 1 aromatic rings. The Morgan fingerprint density at radius 2 is 2.22 bits per heavy atom. The zero-order valence-corrected chi connectivity index (χ0v) is 13.2. The number of hydrogen-bond acceptors (Lipinski definition) is 6. The topological polar surface area (TPSA) is 128 Å². The summed E-state index contributed by atoms with van der Waals surface area (Å²) in [6.07, 6.45) is 1.16. The van der Waals surface area contributed by atoms with Crippen LogP contribution in [0.15, 0.2) is 30.0 Å². The minimum absolute atomic E-state index is 0.0217. The van der Waals surface area contributed by atoms with E-state index in [1.165, 1.54) is 12.1 Å². The number of non-ortho nitro benzene ring substituents is 1. The first-order valence-electron chi connectivity index (χ1n) is 6.44. The van der Waals surface area contributed by atoms with Crippen LogP contribution in [-0.2, 0) is 4.79 Å². The summed E-state index contributed by atoms with van der Waals surface area (Å²) >= 11 is 5.88. The summed E-state index contributed by atoms with van der Waals surface area (Å²) in [7, 11) is 0. The lowest BCUT2D eigenvalue weighted by molar-refractivity contribution is -0.384. The fourth-order valence-corrected chi connectivity index (χ4v) is 1.54. The van der Waals surface area contributed by atoms with Crippen molar-refractivity contribution in [2.45, 2.75) is 19.4 Å². The normalized spacial score (nSPS) is 11.5. The molecule has 0 bridgehead atoms. The number of nitrogens with zero attached hydrogens (tertiary/aromatic N) is 2. The van der Waals surface area contributed by atoms with Crippen molar-refractivity contribution in [2.24, 2.45) is 0 Å². The molecule has 0 heterocycles. The molecule has 0 aliphatic carbocycles. The molecule has 0 aromatic heterocycles. The Morgan fingerprint density at radius 1 is 1.57 bits per heavy atom. The van der Waals surface area contributed by atoms with Crippen LogP contribution in [-0.4, -0.2) is 28.1 Å². The molecule has 3 N–H and O–H groups in total. The number of aliphatic hydroxyl groups is 1. The molecule has 122 valence electrons. The number of aliphatic hydroxyl groups excluding tert-OH is 1. The van der Waals surface area contributed by atoms with E-state index in [1.54, 1.807) is 19.9 Å². The molecule has 0 aliphatic rings. The summed E-state index contributed by atoms with van der Waals surface area (Å²) in [5.41, 5.74) is -1.21. The van der Waals surface area contributed by atoms with E-state index in [2.05, 4.69) is 10.6 Å². The van der Waals surface area contributed by atoms with Gasteiger partial charge in [0, 0.05) is 18.3 Å². The molecule has 0 fully saturated rings. The van der Waals surface area contributed by atoms with E-state index in [9.17, 15) is 14.9 Å². The molecule has 0 saturated heterocycles. The highest BCUT2D eigenvalue weighted by Gasteiger charge is 2.17. The van der Waals surface area contributed by atoms with Crippen LogP contribution in [0.1, 0.15) is 13.8 Å². The predicted octanol–water partition coefficient (Wildman–Crippen LogP) is 1.95. The number of anilines is 1. The smallest absolute Gasteiger partial charge is 0.271 e. The molecule has 0 atom stereocenters. The molecule has 0 spiro atoms. The maximum atomic E-state index is 12.0. The van der Waals surface area contributed by atoms with Crippen LogP contribution >= 0.6 is 11.6 Å². The lowest BCUT2D eigenvalue weighted by Crippen LogP contribution is -2.39. The lowest BCUT2D eigenvalue weighted by Gasteiger charge is -2.22. The monoisotopic (exact) mass is 338 g/mol. The summed E-state index contributed by atoms with van der Waals surface area (Å²) in [6, 6.07) is 5.28. The summed E-state index contributed by atoms with van der Waals surface area (Å²) in [4.78, 5) is 22.2. The molecule has 1 aromatic carbocycles. The maximum absolute atomic E-state index is 12.0. The van der Waals surface area contributed by atoms with Gasteiger partial charge < -0.3 is 15.7 Å². The van der Waals surface area contributed by atoms with Gasteiger partial charge in [0.25, 0.3) is 11.6 Å². The Labute approximate surface area is 137 Å². The number of benzene rings is 1. The third kappa shape index (κ3) is 5.25. The number of carbonyl (C=O) groups excluding carboxylic acids is 1. The van der Waals surface area contributed by atoms with Crippen LogP contribution in [0.2, 0.25) is 5.02 Å². The van der Waals surface area contributed by atoms with Crippen molar-refractivity contribution in [3.05, 3.63) is 45.1 Å². The number of rotatable bonds is 6. The standard InChI is InChI=1S/C14H15ClN4O4/c1-14(2,8-20)17-7-9(6-16)13(21)18-12-5-10(19(22)23)3-4-11(12)15/h3-5,7,17,20H,8H2,1-2H3,(H,18,21)/b9-7-. The van der Waals surface area contributed by atoms with E-state index in [4.69, 9.17) is 22.0 Å². The highest BCUT2D eigenvalue weighted by Crippen LogP contribution is 2.27. The lowest BCUT2D eigenvalue weighted by atomic mass is 10.1. The van der Waals surface area contributed by atoms with Crippen molar-refractivity contribution in [1.82, 2.24) is 5.32 Å². The van der Waals surface area contributed by atoms with E-state index >= 15 is 0 Å². The van der Waals surface area contributed by atoms with Gasteiger partial charge in [-0.05, 0) is 19.9 Å². The number of carbonyl (C=O) groups is 1. The van der Waals surface area contributed by atoms with Gasteiger partial charge in [0.2, 0.25) is 0 Å². The van der Waals surface area contributed by atoms with Gasteiger partial charge in [-0.2, -0.15) is 5.26 Å². The van der Waals surface area contributed by atoms with Crippen molar-refractivity contribution < 1.29 is 14.8 Å². The average molecular weight is 339 g/mol. The molecule has 0 unspecified atom stereocenters. The summed E-state index contributed by atoms with van der Waals surface area (Å²) in [5, 5.41) is 34.1. The minimum atomic E-state index is -0.781. The number of amides is 1. The van der Waals surface area contributed by atoms with E-state index in [-0.39, 0.29) is 28.6 Å². The summed E-state index contributed by atoms with van der Waals surface area (Å²) in [6.45, 7) is 3.14. The third-order valence-corrected chi connectivity index (χ3v) is 3.11. The van der Waals surface area contributed by atoms with Crippen LogP contribution in [0.4, 0.5) is 11.4 Å². The van der Waals surface area contributed by atoms with E-state index in [0.717, 1.165) is 12.3 Å². The average Bonchev–Trinajstić information content (AvgIpc) is 2.49. The van der Waals surface area contributed by atoms with Crippen LogP contribution in [0.5, 0.6) is 0 Å². The van der Waals surface area contributed by atoms with Crippen molar-refractivity contribution >= 4 is 28.9 Å². The first kappa shape index (κ1) is 18.4. The van der Waals surface area contributed by atoms with Crippen molar-refractivity contribution in [2.75, 3.05) is 11.9 Å². The zero-order valence-electron chi connectivity index (χ0n) is 12.5. The maximum Gasteiger partial charge on any atom is 0.271 e. The summed E-state index contributed by atoms with van der Waals surface area (Å²) in [5.74, 6) is -0.781. The fraction of sp³-hybridized carbons (Fsp3) is 0.286. The van der Waals surface area contributed by atoms with Gasteiger partial charge in [-0.3, -0.25) is 14.9 Å². The quantitative estimate of drug-likeness (QED) is 0.315. The Morgan fingerprint density at radius 3 is 2.74 bits per heavy atom. The van der Waals surface area contributed by atoms with Crippen LogP contribution < -0.4 is 10.6 Å². The molecule has 0 radical (unpaired) electrons. The van der Waals surface area contributed by atoms with Gasteiger partial charge in [0.15, 0.2) is 0 Å².